The molecule has 0 saturated heterocycles. The number of aromatic nitrogens is 2. The molecule has 0 aliphatic rings. The van der Waals surface area contributed by atoms with Gasteiger partial charge in [0.05, 0.1) is 18.4 Å². The van der Waals surface area contributed by atoms with Crippen LogP contribution in [0.5, 0.6) is 5.75 Å². The molecule has 0 atom stereocenters. The molecule has 3 rings (SSSR count). The van der Waals surface area contributed by atoms with Crippen molar-refractivity contribution in [1.29, 1.82) is 0 Å². The number of ether oxygens (including phenoxy) is 1. The first kappa shape index (κ1) is 23.9. The Morgan fingerprint density at radius 3 is 2.45 bits per heavy atom. The number of hydrogen-bond donors (Lipinski definition) is 4. The number of amides is 1. The lowest BCUT2D eigenvalue weighted by atomic mass is 9.99. The highest BCUT2D eigenvalue weighted by molar-refractivity contribution is 7.79. The molecule has 1 amide bonds. The second-order valence-corrected chi connectivity index (χ2v) is 7.08. The van der Waals surface area contributed by atoms with Gasteiger partial charge in [0.15, 0.2) is 5.69 Å². The summed E-state index contributed by atoms with van der Waals surface area (Å²) in [7, 11) is -3.19. The number of nitrogens with zero attached hydrogens (tertiary/aromatic N) is 2. The fourth-order valence-corrected chi connectivity index (χ4v) is 2.78. The van der Waals surface area contributed by atoms with Crippen LogP contribution < -0.4 is 15.8 Å². The molecule has 0 saturated carbocycles. The van der Waals surface area contributed by atoms with Gasteiger partial charge in [-0.15, -0.1) is 10.2 Å². The summed E-state index contributed by atoms with van der Waals surface area (Å²) in [4.78, 5) is 12.2. The van der Waals surface area contributed by atoms with E-state index >= 15 is 0 Å². The maximum atomic E-state index is 14.5. The highest BCUT2D eigenvalue weighted by Crippen LogP contribution is 2.37. The predicted molar refractivity (Wildman–Crippen MR) is 113 cm³/mol. The number of fused-ring (bicyclic) bond motifs is 1. The minimum atomic E-state index is -4.67. The van der Waals surface area contributed by atoms with Gasteiger partial charge in [0, 0.05) is 17.5 Å². The van der Waals surface area contributed by atoms with Crippen LogP contribution in [0.15, 0.2) is 36.4 Å². The van der Waals surface area contributed by atoms with Crippen molar-refractivity contribution in [3.8, 4) is 16.9 Å². The van der Waals surface area contributed by atoms with Crippen LogP contribution in [0, 0.1) is 5.82 Å². The molecule has 31 heavy (non-hydrogen) atoms. The Hall–Kier alpha value is -3.35. The fraction of sp³-hybridized carbons (Fsp3) is 0.211. The fourth-order valence-electron chi connectivity index (χ4n) is 2.78. The molecule has 0 aliphatic carbocycles. The number of rotatable bonds is 5. The van der Waals surface area contributed by atoms with Crippen LogP contribution in [0.3, 0.4) is 0 Å². The molecule has 0 fully saturated rings. The van der Waals surface area contributed by atoms with E-state index in [4.69, 9.17) is 28.0 Å². The van der Waals surface area contributed by atoms with Crippen LogP contribution in [0.2, 0.25) is 0 Å². The van der Waals surface area contributed by atoms with Gasteiger partial charge in [-0.1, -0.05) is 31.2 Å². The average molecular weight is 452 g/mol. The molecule has 1 aromatic heterocycles. The summed E-state index contributed by atoms with van der Waals surface area (Å²) in [6, 6.07) is 9.76. The first-order chi connectivity index (χ1) is 14.6. The van der Waals surface area contributed by atoms with E-state index in [1.54, 1.807) is 30.3 Å². The number of nitrogens with two attached hydrogens (primary N) is 1. The number of carbonyl (C=O) groups excluding carboxylic acids is 1. The van der Waals surface area contributed by atoms with E-state index in [-0.39, 0.29) is 22.9 Å². The van der Waals surface area contributed by atoms with Crippen molar-refractivity contribution in [3.05, 3.63) is 47.9 Å². The Morgan fingerprint density at radius 1 is 1.19 bits per heavy atom. The highest BCUT2D eigenvalue weighted by Gasteiger charge is 2.20. The summed E-state index contributed by atoms with van der Waals surface area (Å²) in [5, 5.41) is 11.4. The van der Waals surface area contributed by atoms with Gasteiger partial charge in [-0.25, -0.2) is 4.39 Å². The zero-order valence-electron chi connectivity index (χ0n) is 16.7. The summed E-state index contributed by atoms with van der Waals surface area (Å²) in [6.45, 7) is 2.47. The summed E-state index contributed by atoms with van der Waals surface area (Å²) in [5.41, 5.74) is 7.60. The third-order valence-electron chi connectivity index (χ3n) is 4.05. The number of nitrogen functional groups attached to an aromatic ring is 1. The molecule has 5 N–H and O–H groups in total. The van der Waals surface area contributed by atoms with E-state index in [1.807, 2.05) is 6.92 Å². The monoisotopic (exact) mass is 452 g/mol. The molecule has 10 nitrogen and oxygen atoms in total. The number of anilines is 1. The minimum Gasteiger partial charge on any atom is -0.496 e. The average Bonchev–Trinajstić information content (AvgIpc) is 2.70. The van der Waals surface area contributed by atoms with Gasteiger partial charge in [-0.3, -0.25) is 13.9 Å². The molecule has 0 spiro atoms. The third kappa shape index (κ3) is 6.07. The standard InChI is InChI=1S/C19H19FN4O2.H2O4S/c1-3-10-22-19(25)18-16(21)12-7-4-6-11(17(12)23-24-18)15-13(20)8-5-9-14(15)26-2;1-5(2,3)4/h4-9H,3,10H2,1-2H3,(H2,21,23)(H,22,25);(H2,1,2,3,4). The van der Waals surface area contributed by atoms with Crippen molar-refractivity contribution < 1.29 is 31.4 Å². The van der Waals surface area contributed by atoms with Gasteiger partial charge in [0.2, 0.25) is 0 Å². The van der Waals surface area contributed by atoms with Crippen molar-refractivity contribution in [2.45, 2.75) is 13.3 Å². The lowest BCUT2D eigenvalue weighted by molar-refractivity contribution is 0.0949. The van der Waals surface area contributed by atoms with Gasteiger partial charge in [-0.2, -0.15) is 8.42 Å². The summed E-state index contributed by atoms with van der Waals surface area (Å²) in [6.07, 6.45) is 0.796. The van der Waals surface area contributed by atoms with Gasteiger partial charge in [0.25, 0.3) is 5.91 Å². The molecule has 0 aliphatic heterocycles. The van der Waals surface area contributed by atoms with Crippen LogP contribution in [0.25, 0.3) is 22.0 Å². The second kappa shape index (κ2) is 10.1. The quantitative estimate of drug-likeness (QED) is 0.426. The summed E-state index contributed by atoms with van der Waals surface area (Å²) >= 11 is 0. The van der Waals surface area contributed by atoms with Crippen LogP contribution >= 0.6 is 0 Å². The van der Waals surface area contributed by atoms with Gasteiger partial charge in [-0.05, 0) is 18.6 Å². The van der Waals surface area contributed by atoms with Gasteiger partial charge < -0.3 is 15.8 Å². The smallest absolute Gasteiger partial charge is 0.394 e. The van der Waals surface area contributed by atoms with E-state index in [0.29, 0.717) is 28.8 Å². The van der Waals surface area contributed by atoms with Crippen LogP contribution in [0.1, 0.15) is 23.8 Å². The van der Waals surface area contributed by atoms with Crippen molar-refractivity contribution in [2.75, 3.05) is 19.4 Å². The molecule has 166 valence electrons. The first-order valence-electron chi connectivity index (χ1n) is 8.94. The lowest BCUT2D eigenvalue weighted by Crippen LogP contribution is -2.26. The number of carbonyl (C=O) groups is 1. The maximum absolute atomic E-state index is 14.5. The van der Waals surface area contributed by atoms with Crippen molar-refractivity contribution in [1.82, 2.24) is 15.5 Å². The largest absolute Gasteiger partial charge is 0.496 e. The molecule has 0 bridgehead atoms. The summed E-state index contributed by atoms with van der Waals surface area (Å²) < 4.78 is 51.3. The lowest BCUT2D eigenvalue weighted by Gasteiger charge is -2.13. The first-order valence-corrected chi connectivity index (χ1v) is 10.3. The zero-order chi connectivity index (χ0) is 23.2. The topological polar surface area (TPSA) is 165 Å². The van der Waals surface area contributed by atoms with E-state index < -0.39 is 16.2 Å². The Bertz CT molecular complexity index is 1200. The molecule has 0 unspecified atom stereocenters. The zero-order valence-corrected chi connectivity index (χ0v) is 17.5. The van der Waals surface area contributed by atoms with E-state index in [9.17, 15) is 9.18 Å². The highest BCUT2D eigenvalue weighted by atomic mass is 32.3. The van der Waals surface area contributed by atoms with E-state index in [0.717, 1.165) is 6.42 Å². The van der Waals surface area contributed by atoms with Crippen LogP contribution in [0.4, 0.5) is 10.1 Å². The van der Waals surface area contributed by atoms with Crippen LogP contribution in [-0.2, 0) is 10.4 Å². The Balaban J connectivity index is 0.000000614. The number of halogens is 1. The Labute approximate surface area is 177 Å². The Kier molecular flexibility index (Phi) is 7.80. The van der Waals surface area contributed by atoms with Crippen LogP contribution in [-0.4, -0.2) is 47.3 Å². The van der Waals surface area contributed by atoms with Crippen molar-refractivity contribution >= 4 is 32.9 Å². The number of methoxy groups -OCH3 is 1. The molecule has 0 radical (unpaired) electrons. The molecule has 1 heterocycles. The van der Waals surface area contributed by atoms with Gasteiger partial charge in [0.1, 0.15) is 17.1 Å². The Morgan fingerprint density at radius 2 is 1.84 bits per heavy atom. The SMILES string of the molecule is CCCNC(=O)c1nnc2c(-c3c(F)cccc3OC)cccc2c1N.O=S(=O)(O)O. The van der Waals surface area contributed by atoms with Crippen molar-refractivity contribution in [3.63, 3.8) is 0 Å². The normalized spacial score (nSPS) is 10.9. The second-order valence-electron chi connectivity index (χ2n) is 6.18. The van der Waals surface area contributed by atoms with E-state index in [1.165, 1.54) is 13.2 Å². The predicted octanol–water partition coefficient (Wildman–Crippen LogP) is 2.51. The van der Waals surface area contributed by atoms with Crippen molar-refractivity contribution in [2.24, 2.45) is 0 Å². The molecular formula is C19H21FN4O6S. The maximum Gasteiger partial charge on any atom is 0.394 e. The molecular weight excluding hydrogens is 431 g/mol. The molecule has 3 aromatic rings. The number of hydrogen-bond acceptors (Lipinski definition) is 7. The number of benzene rings is 2. The van der Waals surface area contributed by atoms with Gasteiger partial charge >= 0.3 is 10.4 Å². The van der Waals surface area contributed by atoms with E-state index in [2.05, 4.69) is 15.5 Å². The molecule has 12 heteroatoms. The summed E-state index contributed by atoms with van der Waals surface area (Å²) in [5.74, 6) is -0.447. The third-order valence-corrected chi connectivity index (χ3v) is 4.05. The molecule has 2 aromatic carbocycles. The number of nitrogens with one attached hydrogen (secondary N) is 1. The minimum absolute atomic E-state index is 0.0589.